The number of nitrogens with one attached hydrogen (secondary N) is 1. The van der Waals surface area contributed by atoms with Crippen LogP contribution in [0.5, 0.6) is 5.75 Å². The Morgan fingerprint density at radius 2 is 1.53 bits per heavy atom. The highest BCUT2D eigenvalue weighted by Gasteiger charge is 2.27. The van der Waals surface area contributed by atoms with Gasteiger partial charge in [-0.05, 0) is 65.0 Å². The summed E-state index contributed by atoms with van der Waals surface area (Å²) in [5, 5.41) is 6.10. The Labute approximate surface area is 214 Å². The molecule has 186 valence electrons. The second-order valence-corrected chi connectivity index (χ2v) is 9.43. The maximum atomic E-state index is 6.39. The fourth-order valence-corrected chi connectivity index (χ4v) is 4.82. The van der Waals surface area contributed by atoms with Crippen LogP contribution < -0.4 is 10.1 Å². The van der Waals surface area contributed by atoms with Gasteiger partial charge in [-0.3, -0.25) is 5.32 Å². The van der Waals surface area contributed by atoms with Crippen LogP contribution in [0.3, 0.4) is 0 Å². The third kappa shape index (κ3) is 6.73. The first kappa shape index (κ1) is 24.5. The standard InChI is InChI=1S/C32H35NO3/c1-2-8-25(9-3-1)23-34-20-7-21-35-30-17-15-28(16-18-30)31-12-6-19-33-32(31)36-24-26-13-14-27-10-4-5-11-29(27)22-26/h1-5,8-11,13-18,22,31-33H,6-7,12,19-21,23-24H2. The number of fused-ring (bicyclic) bond motifs is 1. The molecule has 4 aromatic carbocycles. The van der Waals surface area contributed by atoms with E-state index in [2.05, 4.69) is 84.2 Å². The van der Waals surface area contributed by atoms with E-state index in [0.29, 0.717) is 32.3 Å². The van der Waals surface area contributed by atoms with E-state index >= 15 is 0 Å². The molecule has 0 radical (unpaired) electrons. The van der Waals surface area contributed by atoms with Gasteiger partial charge < -0.3 is 14.2 Å². The van der Waals surface area contributed by atoms with Gasteiger partial charge in [0, 0.05) is 12.3 Å². The van der Waals surface area contributed by atoms with Crippen molar-refractivity contribution in [3.8, 4) is 5.75 Å². The Morgan fingerprint density at radius 3 is 2.39 bits per heavy atom. The van der Waals surface area contributed by atoms with Crippen LogP contribution >= 0.6 is 0 Å². The molecule has 1 heterocycles. The van der Waals surface area contributed by atoms with E-state index in [1.807, 2.05) is 18.2 Å². The zero-order valence-corrected chi connectivity index (χ0v) is 20.8. The van der Waals surface area contributed by atoms with Gasteiger partial charge in [0.2, 0.25) is 0 Å². The summed E-state index contributed by atoms with van der Waals surface area (Å²) in [6, 6.07) is 33.8. The number of piperidine rings is 1. The van der Waals surface area contributed by atoms with Gasteiger partial charge in [0.25, 0.3) is 0 Å². The highest BCUT2D eigenvalue weighted by Crippen LogP contribution is 2.30. The van der Waals surface area contributed by atoms with Crippen LogP contribution in [0.25, 0.3) is 10.8 Å². The molecule has 1 N–H and O–H groups in total. The Morgan fingerprint density at radius 1 is 0.722 bits per heavy atom. The van der Waals surface area contributed by atoms with Crippen molar-refractivity contribution in [2.45, 2.75) is 44.6 Å². The molecule has 4 heteroatoms. The minimum absolute atomic E-state index is 0.0127. The van der Waals surface area contributed by atoms with Crippen molar-refractivity contribution in [1.82, 2.24) is 5.32 Å². The quantitative estimate of drug-likeness (QED) is 0.238. The summed E-state index contributed by atoms with van der Waals surface area (Å²) in [7, 11) is 0. The first-order valence-electron chi connectivity index (χ1n) is 13.0. The SMILES string of the molecule is c1ccc(COCCCOc2ccc(C3CCCNC3OCc3ccc4ccccc4c3)cc2)cc1. The lowest BCUT2D eigenvalue weighted by Crippen LogP contribution is -2.41. The molecule has 0 spiro atoms. The van der Waals surface area contributed by atoms with Gasteiger partial charge in [0.15, 0.2) is 0 Å². The third-order valence-electron chi connectivity index (χ3n) is 6.77. The summed E-state index contributed by atoms with van der Waals surface area (Å²) in [5.74, 6) is 1.24. The van der Waals surface area contributed by atoms with Crippen LogP contribution in [-0.4, -0.2) is 26.0 Å². The summed E-state index contributed by atoms with van der Waals surface area (Å²) in [6.45, 7) is 3.58. The van der Waals surface area contributed by atoms with E-state index in [1.165, 1.54) is 27.5 Å². The second-order valence-electron chi connectivity index (χ2n) is 9.43. The number of ether oxygens (including phenoxy) is 3. The van der Waals surface area contributed by atoms with Crippen LogP contribution in [0.15, 0.2) is 97.1 Å². The van der Waals surface area contributed by atoms with Crippen molar-refractivity contribution in [3.63, 3.8) is 0 Å². The van der Waals surface area contributed by atoms with Crippen molar-refractivity contribution in [1.29, 1.82) is 0 Å². The Hall–Kier alpha value is -3.18. The van der Waals surface area contributed by atoms with Gasteiger partial charge in [-0.2, -0.15) is 0 Å². The number of rotatable bonds is 11. The molecule has 36 heavy (non-hydrogen) atoms. The average molecular weight is 482 g/mol. The van der Waals surface area contributed by atoms with E-state index in [0.717, 1.165) is 31.6 Å². The summed E-state index contributed by atoms with van der Waals surface area (Å²) in [4.78, 5) is 0. The summed E-state index contributed by atoms with van der Waals surface area (Å²) in [6.07, 6.45) is 3.15. The molecule has 2 atom stereocenters. The van der Waals surface area contributed by atoms with Gasteiger partial charge in [0.1, 0.15) is 12.0 Å². The molecule has 0 saturated carbocycles. The van der Waals surface area contributed by atoms with Crippen LogP contribution in [0.1, 0.15) is 41.9 Å². The lowest BCUT2D eigenvalue weighted by atomic mass is 9.90. The van der Waals surface area contributed by atoms with Crippen molar-refractivity contribution in [2.24, 2.45) is 0 Å². The van der Waals surface area contributed by atoms with Crippen molar-refractivity contribution >= 4 is 10.8 Å². The van der Waals surface area contributed by atoms with Crippen molar-refractivity contribution < 1.29 is 14.2 Å². The summed E-state index contributed by atoms with van der Waals surface area (Å²) < 4.78 is 18.1. The zero-order valence-electron chi connectivity index (χ0n) is 20.8. The van der Waals surface area contributed by atoms with Gasteiger partial charge in [-0.25, -0.2) is 0 Å². The smallest absolute Gasteiger partial charge is 0.119 e. The minimum Gasteiger partial charge on any atom is -0.494 e. The Balaban J connectivity index is 1.09. The molecule has 0 aliphatic carbocycles. The molecule has 1 aliphatic rings. The lowest BCUT2D eigenvalue weighted by Gasteiger charge is -2.33. The number of hydrogen-bond donors (Lipinski definition) is 1. The number of hydrogen-bond acceptors (Lipinski definition) is 4. The van der Waals surface area contributed by atoms with E-state index in [9.17, 15) is 0 Å². The molecule has 5 rings (SSSR count). The summed E-state index contributed by atoms with van der Waals surface area (Å²) in [5.41, 5.74) is 3.70. The maximum absolute atomic E-state index is 6.39. The molecule has 0 bridgehead atoms. The number of benzene rings is 4. The first-order valence-corrected chi connectivity index (χ1v) is 13.0. The largest absolute Gasteiger partial charge is 0.494 e. The maximum Gasteiger partial charge on any atom is 0.119 e. The molecule has 0 amide bonds. The van der Waals surface area contributed by atoms with Gasteiger partial charge in [0.05, 0.1) is 26.4 Å². The second kappa shape index (κ2) is 12.7. The Bertz CT molecular complexity index is 1210. The predicted octanol–water partition coefficient (Wildman–Crippen LogP) is 6.84. The molecule has 2 unspecified atom stereocenters. The zero-order chi connectivity index (χ0) is 24.4. The highest BCUT2D eigenvalue weighted by molar-refractivity contribution is 5.82. The van der Waals surface area contributed by atoms with E-state index < -0.39 is 0 Å². The molecule has 4 aromatic rings. The van der Waals surface area contributed by atoms with Gasteiger partial charge in [-0.15, -0.1) is 0 Å². The molecular weight excluding hydrogens is 446 g/mol. The van der Waals surface area contributed by atoms with Gasteiger partial charge >= 0.3 is 0 Å². The van der Waals surface area contributed by atoms with Crippen LogP contribution in [-0.2, 0) is 22.7 Å². The van der Waals surface area contributed by atoms with Crippen molar-refractivity contribution in [3.05, 3.63) is 114 Å². The highest BCUT2D eigenvalue weighted by atomic mass is 16.5. The Kier molecular flexibility index (Phi) is 8.63. The topological polar surface area (TPSA) is 39.7 Å². The first-order chi connectivity index (χ1) is 17.8. The monoisotopic (exact) mass is 481 g/mol. The van der Waals surface area contributed by atoms with Crippen LogP contribution in [0.4, 0.5) is 0 Å². The van der Waals surface area contributed by atoms with Crippen molar-refractivity contribution in [2.75, 3.05) is 19.8 Å². The van der Waals surface area contributed by atoms with E-state index in [-0.39, 0.29) is 6.23 Å². The fraction of sp³-hybridized carbons (Fsp3) is 0.312. The molecule has 4 nitrogen and oxygen atoms in total. The average Bonchev–Trinajstić information content (AvgIpc) is 2.95. The minimum atomic E-state index is 0.0127. The molecular formula is C32H35NO3. The third-order valence-corrected chi connectivity index (χ3v) is 6.77. The summed E-state index contributed by atoms with van der Waals surface area (Å²) >= 11 is 0. The molecule has 1 saturated heterocycles. The van der Waals surface area contributed by atoms with Crippen LogP contribution in [0, 0.1) is 0 Å². The van der Waals surface area contributed by atoms with Crippen LogP contribution in [0.2, 0.25) is 0 Å². The lowest BCUT2D eigenvalue weighted by molar-refractivity contribution is -0.0136. The van der Waals surface area contributed by atoms with E-state index in [1.54, 1.807) is 0 Å². The normalized spacial score (nSPS) is 17.8. The van der Waals surface area contributed by atoms with Gasteiger partial charge in [-0.1, -0.05) is 78.9 Å². The molecule has 0 aromatic heterocycles. The van der Waals surface area contributed by atoms with E-state index in [4.69, 9.17) is 14.2 Å². The molecule has 1 fully saturated rings. The molecule has 1 aliphatic heterocycles. The fourth-order valence-electron chi connectivity index (χ4n) is 4.82. The predicted molar refractivity (Wildman–Crippen MR) is 145 cm³/mol.